The topological polar surface area (TPSA) is 12.0 Å². The van der Waals surface area contributed by atoms with Crippen LogP contribution >= 0.6 is 0 Å². The molecule has 80 valence electrons. The molecule has 3 heteroatoms. The third-order valence-electron chi connectivity index (χ3n) is 2.30. The molecule has 0 amide bonds. The maximum absolute atomic E-state index is 12.7. The standard InChI is InChI=1S/C10H21F2N/c1-5-13-10(4,9(11)12)7-6-8(2)3/h8-9,13H,5-7H2,1-4H3. The fourth-order valence-electron chi connectivity index (χ4n) is 1.27. The molecule has 0 saturated carbocycles. The van der Waals surface area contributed by atoms with E-state index in [-0.39, 0.29) is 0 Å². The predicted molar refractivity (Wildman–Crippen MR) is 52.2 cm³/mol. The van der Waals surface area contributed by atoms with Gasteiger partial charge in [0.2, 0.25) is 0 Å². The summed E-state index contributed by atoms with van der Waals surface area (Å²) in [6, 6.07) is 0. The second-order valence-corrected chi connectivity index (χ2v) is 4.18. The molecule has 1 unspecified atom stereocenters. The van der Waals surface area contributed by atoms with Gasteiger partial charge in [0.1, 0.15) is 0 Å². The molecule has 1 nitrogen and oxygen atoms in total. The van der Waals surface area contributed by atoms with Crippen LogP contribution in [0.5, 0.6) is 0 Å². The molecule has 0 heterocycles. The van der Waals surface area contributed by atoms with Crippen LogP contribution in [0.1, 0.15) is 40.5 Å². The molecule has 0 radical (unpaired) electrons. The van der Waals surface area contributed by atoms with Crippen LogP contribution in [0.2, 0.25) is 0 Å². The zero-order valence-corrected chi connectivity index (χ0v) is 9.03. The van der Waals surface area contributed by atoms with Crippen LogP contribution in [0.15, 0.2) is 0 Å². The summed E-state index contributed by atoms with van der Waals surface area (Å²) in [5.74, 6) is 0.483. The Kier molecular flexibility index (Phi) is 5.45. The molecular formula is C10H21F2N. The van der Waals surface area contributed by atoms with Crippen molar-refractivity contribution in [2.24, 2.45) is 5.92 Å². The van der Waals surface area contributed by atoms with Crippen LogP contribution in [0.25, 0.3) is 0 Å². The highest BCUT2D eigenvalue weighted by molar-refractivity contribution is 4.85. The van der Waals surface area contributed by atoms with E-state index in [0.717, 1.165) is 6.42 Å². The number of halogens is 2. The lowest BCUT2D eigenvalue weighted by Crippen LogP contribution is -2.48. The molecular weight excluding hydrogens is 172 g/mol. The van der Waals surface area contributed by atoms with Gasteiger partial charge in [-0.1, -0.05) is 20.8 Å². The Bertz CT molecular complexity index is 137. The second-order valence-electron chi connectivity index (χ2n) is 4.18. The van der Waals surface area contributed by atoms with Crippen molar-refractivity contribution in [3.05, 3.63) is 0 Å². The Morgan fingerprint density at radius 2 is 1.85 bits per heavy atom. The third kappa shape index (κ3) is 4.55. The van der Waals surface area contributed by atoms with E-state index < -0.39 is 12.0 Å². The molecule has 0 rings (SSSR count). The van der Waals surface area contributed by atoms with Gasteiger partial charge >= 0.3 is 0 Å². The smallest absolute Gasteiger partial charge is 0.256 e. The fourth-order valence-corrected chi connectivity index (χ4v) is 1.27. The Labute approximate surface area is 79.9 Å². The van der Waals surface area contributed by atoms with E-state index in [2.05, 4.69) is 19.2 Å². The molecule has 0 bridgehead atoms. The summed E-state index contributed by atoms with van der Waals surface area (Å²) >= 11 is 0. The first-order valence-corrected chi connectivity index (χ1v) is 4.95. The van der Waals surface area contributed by atoms with Gasteiger partial charge < -0.3 is 5.32 Å². The van der Waals surface area contributed by atoms with E-state index >= 15 is 0 Å². The highest BCUT2D eigenvalue weighted by Crippen LogP contribution is 2.23. The number of nitrogens with one attached hydrogen (secondary N) is 1. The van der Waals surface area contributed by atoms with Gasteiger partial charge in [0.05, 0.1) is 5.54 Å². The zero-order valence-electron chi connectivity index (χ0n) is 9.03. The van der Waals surface area contributed by atoms with Gasteiger partial charge in [0.15, 0.2) is 0 Å². The minimum atomic E-state index is -2.29. The van der Waals surface area contributed by atoms with E-state index in [9.17, 15) is 8.78 Å². The van der Waals surface area contributed by atoms with Crippen LogP contribution in [-0.2, 0) is 0 Å². The van der Waals surface area contributed by atoms with Gasteiger partial charge in [-0.15, -0.1) is 0 Å². The summed E-state index contributed by atoms with van der Waals surface area (Å²) in [4.78, 5) is 0. The van der Waals surface area contributed by atoms with Crippen molar-refractivity contribution in [3.63, 3.8) is 0 Å². The van der Waals surface area contributed by atoms with E-state index in [1.54, 1.807) is 6.92 Å². The van der Waals surface area contributed by atoms with Gasteiger partial charge in [0, 0.05) is 0 Å². The van der Waals surface area contributed by atoms with Crippen molar-refractivity contribution in [2.45, 2.75) is 52.5 Å². The average molecular weight is 193 g/mol. The van der Waals surface area contributed by atoms with Crippen LogP contribution in [-0.4, -0.2) is 18.5 Å². The molecule has 0 aromatic heterocycles. The lowest BCUT2D eigenvalue weighted by Gasteiger charge is -2.30. The molecule has 13 heavy (non-hydrogen) atoms. The molecule has 0 aromatic carbocycles. The quantitative estimate of drug-likeness (QED) is 0.683. The summed E-state index contributed by atoms with van der Waals surface area (Å²) in [5, 5.41) is 2.86. The van der Waals surface area contributed by atoms with Crippen LogP contribution in [0.4, 0.5) is 8.78 Å². The predicted octanol–water partition coefficient (Wildman–Crippen LogP) is 3.06. The van der Waals surface area contributed by atoms with Gasteiger partial charge in [0.25, 0.3) is 6.43 Å². The molecule has 0 aliphatic carbocycles. The van der Waals surface area contributed by atoms with Crippen molar-refractivity contribution < 1.29 is 8.78 Å². The van der Waals surface area contributed by atoms with E-state index in [0.29, 0.717) is 18.9 Å². The molecule has 0 spiro atoms. The van der Waals surface area contributed by atoms with E-state index in [1.165, 1.54) is 0 Å². The molecule has 0 aliphatic heterocycles. The van der Waals surface area contributed by atoms with E-state index in [4.69, 9.17) is 0 Å². The van der Waals surface area contributed by atoms with Gasteiger partial charge in [-0.3, -0.25) is 0 Å². The summed E-state index contributed by atoms with van der Waals surface area (Å²) in [6.07, 6.45) is -0.907. The SMILES string of the molecule is CCNC(C)(CCC(C)C)C(F)F. The van der Waals surface area contributed by atoms with Crippen LogP contribution in [0.3, 0.4) is 0 Å². The van der Waals surface area contributed by atoms with Crippen molar-refractivity contribution in [1.29, 1.82) is 0 Å². The maximum atomic E-state index is 12.7. The Hall–Kier alpha value is -0.180. The highest BCUT2D eigenvalue weighted by Gasteiger charge is 2.33. The normalized spacial score (nSPS) is 16.6. The number of rotatable bonds is 6. The first-order chi connectivity index (χ1) is 5.92. The molecule has 0 saturated heterocycles. The number of hydrogen-bond donors (Lipinski definition) is 1. The lowest BCUT2D eigenvalue weighted by atomic mass is 9.92. The summed E-state index contributed by atoms with van der Waals surface area (Å²) < 4.78 is 25.3. The largest absolute Gasteiger partial charge is 0.307 e. The first kappa shape index (κ1) is 12.8. The number of hydrogen-bond acceptors (Lipinski definition) is 1. The molecule has 1 atom stereocenters. The fraction of sp³-hybridized carbons (Fsp3) is 1.00. The van der Waals surface area contributed by atoms with Gasteiger partial charge in [-0.05, 0) is 32.2 Å². The maximum Gasteiger partial charge on any atom is 0.256 e. The van der Waals surface area contributed by atoms with E-state index in [1.807, 2.05) is 6.92 Å². The van der Waals surface area contributed by atoms with Crippen molar-refractivity contribution in [3.8, 4) is 0 Å². The minimum absolute atomic E-state index is 0.483. The van der Waals surface area contributed by atoms with Gasteiger partial charge in [-0.25, -0.2) is 8.78 Å². The Morgan fingerprint density at radius 3 is 2.15 bits per heavy atom. The highest BCUT2D eigenvalue weighted by atomic mass is 19.3. The van der Waals surface area contributed by atoms with Crippen LogP contribution in [0, 0.1) is 5.92 Å². The minimum Gasteiger partial charge on any atom is -0.307 e. The first-order valence-electron chi connectivity index (χ1n) is 4.95. The Morgan fingerprint density at radius 1 is 1.31 bits per heavy atom. The Balaban J connectivity index is 4.07. The van der Waals surface area contributed by atoms with Crippen molar-refractivity contribution in [1.82, 2.24) is 5.32 Å². The van der Waals surface area contributed by atoms with Gasteiger partial charge in [-0.2, -0.15) is 0 Å². The lowest BCUT2D eigenvalue weighted by molar-refractivity contribution is 0.0332. The molecule has 1 N–H and O–H groups in total. The van der Waals surface area contributed by atoms with Crippen molar-refractivity contribution in [2.75, 3.05) is 6.54 Å². The summed E-state index contributed by atoms with van der Waals surface area (Å²) in [6.45, 7) is 8.16. The molecule has 0 fully saturated rings. The van der Waals surface area contributed by atoms with Crippen LogP contribution < -0.4 is 5.32 Å². The second kappa shape index (κ2) is 5.53. The molecule has 0 aliphatic rings. The summed E-state index contributed by atoms with van der Waals surface area (Å²) in [7, 11) is 0. The monoisotopic (exact) mass is 193 g/mol. The molecule has 0 aromatic rings. The number of alkyl halides is 2. The third-order valence-corrected chi connectivity index (χ3v) is 2.30. The zero-order chi connectivity index (χ0) is 10.5. The summed E-state index contributed by atoms with van der Waals surface area (Å²) in [5.41, 5.74) is -1.00. The van der Waals surface area contributed by atoms with Crippen molar-refractivity contribution >= 4 is 0 Å². The average Bonchev–Trinajstić information content (AvgIpc) is 2.01.